The van der Waals surface area contributed by atoms with E-state index >= 15 is 0 Å². The number of hydrogen-bond donors (Lipinski definition) is 1. The number of nitriles is 1. The van der Waals surface area contributed by atoms with Gasteiger partial charge in [0.1, 0.15) is 11.9 Å². The van der Waals surface area contributed by atoms with Crippen LogP contribution < -0.4 is 5.32 Å². The third-order valence-corrected chi connectivity index (χ3v) is 6.74. The van der Waals surface area contributed by atoms with Gasteiger partial charge in [-0.05, 0) is 32.9 Å². The normalized spacial score (nSPS) is 16.2. The predicted octanol–water partition coefficient (Wildman–Crippen LogP) is 1.13. The Morgan fingerprint density at radius 3 is 2.38 bits per heavy atom. The van der Waals surface area contributed by atoms with Crippen LogP contribution in [0.1, 0.15) is 39.2 Å². The summed E-state index contributed by atoms with van der Waals surface area (Å²) in [5, 5.41) is 12.0. The highest BCUT2D eigenvalue weighted by Gasteiger charge is 2.30. The summed E-state index contributed by atoms with van der Waals surface area (Å²) in [6.07, 6.45) is 0.560. The molecule has 1 amide bonds. The third-order valence-electron chi connectivity index (χ3n) is 4.78. The first-order valence-corrected chi connectivity index (χ1v) is 11.0. The van der Waals surface area contributed by atoms with Gasteiger partial charge in [-0.1, -0.05) is 12.1 Å². The van der Waals surface area contributed by atoms with Gasteiger partial charge in [0, 0.05) is 51.1 Å². The molecule has 1 N–H and O–H groups in total. The lowest BCUT2D eigenvalue weighted by molar-refractivity contribution is -0.124. The number of rotatable bonds is 8. The van der Waals surface area contributed by atoms with Crippen molar-refractivity contribution < 1.29 is 18.0 Å². The molecule has 8 nitrogen and oxygen atoms in total. The summed E-state index contributed by atoms with van der Waals surface area (Å²) in [6, 6.07) is 8.12. The molecule has 1 aliphatic heterocycles. The number of piperazine rings is 1. The van der Waals surface area contributed by atoms with Crippen LogP contribution in [-0.4, -0.2) is 67.6 Å². The molecule has 1 aliphatic rings. The first-order chi connectivity index (χ1) is 13.5. The van der Waals surface area contributed by atoms with E-state index in [4.69, 9.17) is 0 Å². The molecule has 1 aromatic rings. The van der Waals surface area contributed by atoms with Crippen molar-refractivity contribution in [3.05, 3.63) is 29.8 Å². The standard InChI is InChI=1S/C20H28N4O4S/c1-16(25)14-20(2,3)22-19(26)8-9-23-10-12-24(13-11-23)29(27,28)18-7-5-4-6-17(18)15-21/h4-7H,8-14H2,1-3H3,(H,22,26). The lowest BCUT2D eigenvalue weighted by atomic mass is 9.98. The number of carbonyl (C=O) groups excluding carboxylic acids is 2. The average molecular weight is 421 g/mol. The van der Waals surface area contributed by atoms with Crippen LogP contribution in [0.25, 0.3) is 0 Å². The van der Waals surface area contributed by atoms with Crippen LogP contribution in [-0.2, 0) is 19.6 Å². The van der Waals surface area contributed by atoms with Gasteiger partial charge in [-0.3, -0.25) is 9.59 Å². The number of sulfonamides is 1. The maximum absolute atomic E-state index is 12.8. The fourth-order valence-corrected chi connectivity index (χ4v) is 5.05. The van der Waals surface area contributed by atoms with E-state index in [2.05, 4.69) is 5.32 Å². The van der Waals surface area contributed by atoms with Crippen molar-refractivity contribution in [2.45, 2.75) is 44.0 Å². The first-order valence-electron chi connectivity index (χ1n) is 9.57. The molecule has 2 rings (SSSR count). The summed E-state index contributed by atoms with van der Waals surface area (Å²) in [7, 11) is -3.72. The first kappa shape index (κ1) is 23.0. The van der Waals surface area contributed by atoms with E-state index in [1.54, 1.807) is 12.1 Å². The Morgan fingerprint density at radius 1 is 1.17 bits per heavy atom. The molecular weight excluding hydrogens is 392 g/mol. The number of benzene rings is 1. The van der Waals surface area contributed by atoms with Crippen LogP contribution in [0.4, 0.5) is 0 Å². The van der Waals surface area contributed by atoms with Gasteiger partial charge in [0.05, 0.1) is 10.5 Å². The lowest BCUT2D eigenvalue weighted by Gasteiger charge is -2.34. The number of amides is 1. The Kier molecular flexibility index (Phi) is 7.52. The van der Waals surface area contributed by atoms with E-state index in [0.29, 0.717) is 32.7 Å². The summed E-state index contributed by atoms with van der Waals surface area (Å²) in [5.74, 6) is -0.111. The molecule has 158 valence electrons. The number of nitrogens with zero attached hydrogens (tertiary/aromatic N) is 3. The van der Waals surface area contributed by atoms with Gasteiger partial charge >= 0.3 is 0 Å². The predicted molar refractivity (Wildman–Crippen MR) is 108 cm³/mol. The van der Waals surface area contributed by atoms with E-state index in [0.717, 1.165) is 0 Å². The van der Waals surface area contributed by atoms with Gasteiger partial charge in [0.2, 0.25) is 15.9 Å². The van der Waals surface area contributed by atoms with E-state index in [9.17, 15) is 23.3 Å². The van der Waals surface area contributed by atoms with Crippen LogP contribution in [0.2, 0.25) is 0 Å². The smallest absolute Gasteiger partial charge is 0.244 e. The van der Waals surface area contributed by atoms with Gasteiger partial charge in [-0.15, -0.1) is 0 Å². The number of hydrogen-bond acceptors (Lipinski definition) is 6. The summed E-state index contributed by atoms with van der Waals surface area (Å²) < 4.78 is 27.1. The van der Waals surface area contributed by atoms with E-state index in [1.165, 1.54) is 23.4 Å². The molecule has 0 aromatic heterocycles. The molecule has 1 heterocycles. The quantitative estimate of drug-likeness (QED) is 0.675. The highest BCUT2D eigenvalue weighted by atomic mass is 32.2. The number of carbonyl (C=O) groups is 2. The van der Waals surface area contributed by atoms with Gasteiger partial charge in [-0.2, -0.15) is 9.57 Å². The molecule has 0 atom stereocenters. The molecule has 1 fully saturated rings. The monoisotopic (exact) mass is 420 g/mol. The Hall–Kier alpha value is -2.28. The topological polar surface area (TPSA) is 111 Å². The summed E-state index contributed by atoms with van der Waals surface area (Å²) in [5.41, 5.74) is -0.441. The minimum absolute atomic E-state index is 0.0191. The number of Topliss-reactive ketones (excluding diaryl/α,β-unsaturated/α-hetero) is 1. The second-order valence-electron chi connectivity index (χ2n) is 7.91. The van der Waals surface area contributed by atoms with Crippen molar-refractivity contribution >= 4 is 21.7 Å². The Morgan fingerprint density at radius 2 is 1.79 bits per heavy atom. The van der Waals surface area contributed by atoms with E-state index in [1.807, 2.05) is 24.8 Å². The highest BCUT2D eigenvalue weighted by Crippen LogP contribution is 2.21. The Bertz CT molecular complexity index is 897. The van der Waals surface area contributed by atoms with Crippen molar-refractivity contribution in [2.24, 2.45) is 0 Å². The molecule has 0 bridgehead atoms. The minimum atomic E-state index is -3.72. The van der Waals surface area contributed by atoms with Crippen molar-refractivity contribution in [3.8, 4) is 6.07 Å². The fourth-order valence-electron chi connectivity index (χ4n) is 3.48. The molecular formula is C20H28N4O4S. The maximum Gasteiger partial charge on any atom is 0.244 e. The van der Waals surface area contributed by atoms with Crippen LogP contribution in [0.5, 0.6) is 0 Å². The fraction of sp³-hybridized carbons (Fsp3) is 0.550. The summed E-state index contributed by atoms with van der Waals surface area (Å²) in [4.78, 5) is 25.5. The van der Waals surface area contributed by atoms with Crippen LogP contribution in [0, 0.1) is 11.3 Å². The minimum Gasteiger partial charge on any atom is -0.351 e. The summed E-state index contributed by atoms with van der Waals surface area (Å²) in [6.45, 7) is 7.28. The molecule has 0 aliphatic carbocycles. The highest BCUT2D eigenvalue weighted by molar-refractivity contribution is 7.89. The van der Waals surface area contributed by atoms with Crippen LogP contribution in [0.3, 0.4) is 0 Å². The lowest BCUT2D eigenvalue weighted by Crippen LogP contribution is -2.50. The van der Waals surface area contributed by atoms with Gasteiger partial charge in [0.15, 0.2) is 0 Å². The van der Waals surface area contributed by atoms with Crippen LogP contribution in [0.15, 0.2) is 29.2 Å². The Labute approximate surface area is 172 Å². The second kappa shape index (κ2) is 9.48. The van der Waals surface area contributed by atoms with Gasteiger partial charge < -0.3 is 10.2 Å². The van der Waals surface area contributed by atoms with E-state index in [-0.39, 0.29) is 35.0 Å². The zero-order valence-corrected chi connectivity index (χ0v) is 18.0. The van der Waals surface area contributed by atoms with Crippen molar-refractivity contribution in [1.82, 2.24) is 14.5 Å². The summed E-state index contributed by atoms with van der Waals surface area (Å²) >= 11 is 0. The molecule has 29 heavy (non-hydrogen) atoms. The third kappa shape index (κ3) is 6.35. The van der Waals surface area contributed by atoms with Crippen LogP contribution >= 0.6 is 0 Å². The average Bonchev–Trinajstić information content (AvgIpc) is 2.65. The van der Waals surface area contributed by atoms with Crippen molar-refractivity contribution in [1.29, 1.82) is 5.26 Å². The zero-order chi connectivity index (χ0) is 21.7. The largest absolute Gasteiger partial charge is 0.351 e. The molecule has 9 heteroatoms. The SMILES string of the molecule is CC(=O)CC(C)(C)NC(=O)CCN1CCN(S(=O)(=O)c2ccccc2C#N)CC1. The Balaban J connectivity index is 1.87. The molecule has 0 saturated carbocycles. The van der Waals surface area contributed by atoms with Gasteiger partial charge in [-0.25, -0.2) is 8.42 Å². The van der Waals surface area contributed by atoms with Crippen molar-refractivity contribution in [3.63, 3.8) is 0 Å². The molecule has 0 unspecified atom stereocenters. The van der Waals surface area contributed by atoms with Gasteiger partial charge in [0.25, 0.3) is 0 Å². The zero-order valence-electron chi connectivity index (χ0n) is 17.1. The number of nitrogens with one attached hydrogen (secondary N) is 1. The molecule has 0 spiro atoms. The molecule has 0 radical (unpaired) electrons. The molecule has 1 aromatic carbocycles. The van der Waals surface area contributed by atoms with Crippen molar-refractivity contribution in [2.75, 3.05) is 32.7 Å². The molecule has 1 saturated heterocycles. The van der Waals surface area contributed by atoms with E-state index < -0.39 is 15.6 Å². The maximum atomic E-state index is 12.8. The second-order valence-corrected chi connectivity index (χ2v) is 9.82. The number of ketones is 1.